The Balaban J connectivity index is 2.24. The summed E-state index contributed by atoms with van der Waals surface area (Å²) in [6.07, 6.45) is 0.861. The van der Waals surface area contributed by atoms with Crippen molar-refractivity contribution in [1.82, 2.24) is 9.97 Å². The van der Waals surface area contributed by atoms with Crippen LogP contribution < -0.4 is 5.32 Å². The molecule has 0 aromatic carbocycles. The lowest BCUT2D eigenvalue weighted by atomic mass is 10.1. The number of anilines is 1. The van der Waals surface area contributed by atoms with Gasteiger partial charge in [-0.05, 0) is 32.0 Å². The molecule has 1 amide bonds. The summed E-state index contributed by atoms with van der Waals surface area (Å²) >= 11 is 0. The zero-order valence-electron chi connectivity index (χ0n) is 10.8. The zero-order chi connectivity index (χ0) is 13.8. The third-order valence-electron chi connectivity index (χ3n) is 2.64. The van der Waals surface area contributed by atoms with E-state index in [2.05, 4.69) is 15.3 Å². The van der Waals surface area contributed by atoms with Crippen molar-refractivity contribution < 1.29 is 9.90 Å². The van der Waals surface area contributed by atoms with Gasteiger partial charge in [0, 0.05) is 17.5 Å². The van der Waals surface area contributed by atoms with Crippen LogP contribution in [0.25, 0.3) is 0 Å². The van der Waals surface area contributed by atoms with Crippen molar-refractivity contribution in [1.29, 1.82) is 0 Å². The molecule has 0 bridgehead atoms. The number of aliphatic hydroxyl groups is 1. The molecule has 2 N–H and O–H groups in total. The van der Waals surface area contributed by atoms with Gasteiger partial charge in [0.1, 0.15) is 11.5 Å². The van der Waals surface area contributed by atoms with Crippen molar-refractivity contribution in [3.8, 4) is 0 Å². The highest BCUT2D eigenvalue weighted by molar-refractivity contribution is 6.02. The number of carbonyl (C=O) groups excluding carboxylic acids is 1. The topological polar surface area (TPSA) is 75.1 Å². The van der Waals surface area contributed by atoms with Crippen LogP contribution in [0.3, 0.4) is 0 Å². The van der Waals surface area contributed by atoms with Crippen molar-refractivity contribution in [2.24, 2.45) is 0 Å². The Morgan fingerprint density at radius 3 is 2.79 bits per heavy atom. The standard InChI is InChI=1S/C14H15N3O2/c1-9-5-3-7-12(16-9)14(19)17-13-11(10(2)18)6-4-8-15-13/h3-8,10,18H,1-2H3,(H,15,17,19). The van der Waals surface area contributed by atoms with Crippen LogP contribution in [-0.2, 0) is 0 Å². The minimum atomic E-state index is -0.700. The first-order valence-electron chi connectivity index (χ1n) is 5.96. The maximum absolute atomic E-state index is 12.0. The SMILES string of the molecule is Cc1cccc(C(=O)Nc2ncccc2C(C)O)n1. The molecule has 0 aliphatic heterocycles. The molecule has 0 radical (unpaired) electrons. The van der Waals surface area contributed by atoms with E-state index in [0.717, 1.165) is 5.69 Å². The number of hydrogen-bond acceptors (Lipinski definition) is 4. The number of aliphatic hydroxyl groups excluding tert-OH is 1. The van der Waals surface area contributed by atoms with Gasteiger partial charge in [0.25, 0.3) is 5.91 Å². The molecule has 2 rings (SSSR count). The number of aromatic nitrogens is 2. The van der Waals surface area contributed by atoms with E-state index in [9.17, 15) is 9.90 Å². The molecule has 98 valence electrons. The van der Waals surface area contributed by atoms with E-state index >= 15 is 0 Å². The minimum absolute atomic E-state index is 0.321. The molecular formula is C14H15N3O2. The smallest absolute Gasteiger partial charge is 0.275 e. The molecule has 1 unspecified atom stereocenters. The number of carbonyl (C=O) groups is 1. The second kappa shape index (κ2) is 5.58. The summed E-state index contributed by atoms with van der Waals surface area (Å²) in [5.74, 6) is 0.00936. The highest BCUT2D eigenvalue weighted by Crippen LogP contribution is 2.20. The number of nitrogens with one attached hydrogen (secondary N) is 1. The van der Waals surface area contributed by atoms with Gasteiger partial charge in [0.2, 0.25) is 0 Å². The molecule has 2 aromatic rings. The predicted molar refractivity (Wildman–Crippen MR) is 71.8 cm³/mol. The van der Waals surface area contributed by atoms with Crippen LogP contribution in [0.1, 0.15) is 34.8 Å². The van der Waals surface area contributed by atoms with Gasteiger partial charge in [0.05, 0.1) is 6.10 Å². The van der Waals surface area contributed by atoms with Gasteiger partial charge in [-0.25, -0.2) is 9.97 Å². The van der Waals surface area contributed by atoms with Crippen LogP contribution in [0.4, 0.5) is 5.82 Å². The Labute approximate surface area is 111 Å². The minimum Gasteiger partial charge on any atom is -0.389 e. The Bertz CT molecular complexity index is 597. The van der Waals surface area contributed by atoms with Crippen molar-refractivity contribution in [3.05, 3.63) is 53.5 Å². The van der Waals surface area contributed by atoms with Gasteiger partial charge in [-0.3, -0.25) is 4.79 Å². The fourth-order valence-electron chi connectivity index (χ4n) is 1.70. The van der Waals surface area contributed by atoms with Gasteiger partial charge < -0.3 is 10.4 Å². The van der Waals surface area contributed by atoms with Crippen molar-refractivity contribution in [3.63, 3.8) is 0 Å². The zero-order valence-corrected chi connectivity index (χ0v) is 10.8. The van der Waals surface area contributed by atoms with Crippen LogP contribution in [0.2, 0.25) is 0 Å². The molecular weight excluding hydrogens is 242 g/mol. The monoisotopic (exact) mass is 257 g/mol. The van der Waals surface area contributed by atoms with Crippen LogP contribution >= 0.6 is 0 Å². The number of amides is 1. The molecule has 5 nitrogen and oxygen atoms in total. The van der Waals surface area contributed by atoms with Crippen molar-refractivity contribution in [2.75, 3.05) is 5.32 Å². The van der Waals surface area contributed by atoms with Gasteiger partial charge >= 0.3 is 0 Å². The van der Waals surface area contributed by atoms with Gasteiger partial charge in [-0.1, -0.05) is 12.1 Å². The number of rotatable bonds is 3. The first kappa shape index (κ1) is 13.2. The molecule has 0 fully saturated rings. The summed E-state index contributed by atoms with van der Waals surface area (Å²) < 4.78 is 0. The number of aryl methyl sites for hydroxylation is 1. The fourth-order valence-corrected chi connectivity index (χ4v) is 1.70. The third kappa shape index (κ3) is 3.14. The predicted octanol–water partition coefficient (Wildman–Crippen LogP) is 2.09. The molecule has 2 aromatic heterocycles. The molecule has 5 heteroatoms. The maximum Gasteiger partial charge on any atom is 0.275 e. The second-order valence-corrected chi connectivity index (χ2v) is 4.24. The highest BCUT2D eigenvalue weighted by Gasteiger charge is 2.13. The number of pyridine rings is 2. The summed E-state index contributed by atoms with van der Waals surface area (Å²) in [4.78, 5) is 20.3. The Morgan fingerprint density at radius 2 is 2.11 bits per heavy atom. The van der Waals surface area contributed by atoms with Crippen molar-refractivity contribution >= 4 is 11.7 Å². The summed E-state index contributed by atoms with van der Waals surface area (Å²) in [6, 6.07) is 8.65. The Kier molecular flexibility index (Phi) is 3.87. The van der Waals surface area contributed by atoms with Gasteiger partial charge in [-0.15, -0.1) is 0 Å². The molecule has 0 aliphatic carbocycles. The van der Waals surface area contributed by atoms with Gasteiger partial charge in [-0.2, -0.15) is 0 Å². The van der Waals surface area contributed by atoms with Crippen LogP contribution in [0.15, 0.2) is 36.5 Å². The number of hydrogen-bond donors (Lipinski definition) is 2. The fraction of sp³-hybridized carbons (Fsp3) is 0.214. The van der Waals surface area contributed by atoms with E-state index in [1.54, 1.807) is 37.4 Å². The largest absolute Gasteiger partial charge is 0.389 e. The summed E-state index contributed by atoms with van der Waals surface area (Å²) in [6.45, 7) is 3.44. The Morgan fingerprint density at radius 1 is 1.32 bits per heavy atom. The van der Waals surface area contributed by atoms with E-state index in [0.29, 0.717) is 17.1 Å². The number of nitrogens with zero attached hydrogens (tertiary/aromatic N) is 2. The van der Waals surface area contributed by atoms with E-state index in [4.69, 9.17) is 0 Å². The molecule has 0 aliphatic rings. The third-order valence-corrected chi connectivity index (χ3v) is 2.64. The van der Waals surface area contributed by atoms with Crippen molar-refractivity contribution in [2.45, 2.75) is 20.0 Å². The molecule has 19 heavy (non-hydrogen) atoms. The normalized spacial score (nSPS) is 11.9. The van der Waals surface area contributed by atoms with E-state index in [-0.39, 0.29) is 5.91 Å². The summed E-state index contributed by atoms with van der Waals surface area (Å²) in [5.41, 5.74) is 1.66. The lowest BCUT2D eigenvalue weighted by molar-refractivity contribution is 0.102. The molecule has 1 atom stereocenters. The van der Waals surface area contributed by atoms with Gasteiger partial charge in [0.15, 0.2) is 0 Å². The average molecular weight is 257 g/mol. The molecule has 0 spiro atoms. The lowest BCUT2D eigenvalue weighted by Crippen LogP contribution is -2.16. The van der Waals surface area contributed by atoms with E-state index < -0.39 is 6.10 Å². The first-order chi connectivity index (χ1) is 9.08. The lowest BCUT2D eigenvalue weighted by Gasteiger charge is -2.11. The van der Waals surface area contributed by atoms with E-state index in [1.807, 2.05) is 13.0 Å². The van der Waals surface area contributed by atoms with Crippen LogP contribution in [0.5, 0.6) is 0 Å². The van der Waals surface area contributed by atoms with Crippen LogP contribution in [-0.4, -0.2) is 21.0 Å². The first-order valence-corrected chi connectivity index (χ1v) is 5.96. The molecule has 0 saturated carbocycles. The molecule has 0 saturated heterocycles. The quantitative estimate of drug-likeness (QED) is 0.882. The molecule has 2 heterocycles. The maximum atomic E-state index is 12.0. The average Bonchev–Trinajstić information content (AvgIpc) is 2.39. The highest BCUT2D eigenvalue weighted by atomic mass is 16.3. The second-order valence-electron chi connectivity index (χ2n) is 4.24. The van der Waals surface area contributed by atoms with E-state index in [1.165, 1.54) is 0 Å². The van der Waals surface area contributed by atoms with Crippen LogP contribution in [0, 0.1) is 6.92 Å². The summed E-state index contributed by atoms with van der Waals surface area (Å²) in [7, 11) is 0. The summed E-state index contributed by atoms with van der Waals surface area (Å²) in [5, 5.41) is 12.3. The Hall–Kier alpha value is -2.27.